The third kappa shape index (κ3) is 4.87. The molecule has 54 heavy (non-hydrogen) atoms. The molecule has 1 aliphatic carbocycles. The van der Waals surface area contributed by atoms with E-state index in [0.29, 0.717) is 5.92 Å². The first-order valence-electron chi connectivity index (χ1n) is 19.2. The molecule has 2 aromatic heterocycles. The average molecular weight is 691 g/mol. The van der Waals surface area contributed by atoms with Crippen molar-refractivity contribution in [3.8, 4) is 33.6 Å². The Morgan fingerprint density at radius 2 is 1.09 bits per heavy atom. The van der Waals surface area contributed by atoms with Gasteiger partial charge in [-0.3, -0.25) is 0 Å². The fourth-order valence-corrected chi connectivity index (χ4v) is 9.38. The quantitative estimate of drug-likeness (QED) is 0.170. The number of fused-ring (bicyclic) bond motifs is 9. The van der Waals surface area contributed by atoms with Crippen molar-refractivity contribution in [1.29, 1.82) is 0 Å². The molecule has 0 N–H and O–H groups in total. The lowest BCUT2D eigenvalue weighted by molar-refractivity contribution is 0.629. The maximum Gasteiger partial charge on any atom is 0.0562 e. The maximum absolute atomic E-state index is 2.49. The summed E-state index contributed by atoms with van der Waals surface area (Å²) in [4.78, 5) is 0. The van der Waals surface area contributed by atoms with Gasteiger partial charge in [-0.15, -0.1) is 0 Å². The summed E-state index contributed by atoms with van der Waals surface area (Å²) in [7, 11) is 0. The Bertz CT molecular complexity index is 3020. The Hall–Kier alpha value is -6.64. The minimum atomic E-state index is 0.472. The van der Waals surface area contributed by atoms with E-state index in [0.717, 1.165) is 19.3 Å². The van der Waals surface area contributed by atoms with E-state index in [-0.39, 0.29) is 0 Å². The van der Waals surface area contributed by atoms with E-state index < -0.39 is 0 Å². The molecule has 1 atom stereocenters. The van der Waals surface area contributed by atoms with Gasteiger partial charge in [-0.2, -0.15) is 0 Å². The summed E-state index contributed by atoms with van der Waals surface area (Å²) >= 11 is 0. The van der Waals surface area contributed by atoms with Gasteiger partial charge < -0.3 is 9.13 Å². The van der Waals surface area contributed by atoms with E-state index in [9.17, 15) is 0 Å². The minimum Gasteiger partial charge on any atom is -0.309 e. The van der Waals surface area contributed by atoms with Crippen LogP contribution in [0.4, 0.5) is 0 Å². The molecule has 8 aromatic carbocycles. The molecule has 0 radical (unpaired) electrons. The van der Waals surface area contributed by atoms with Crippen molar-refractivity contribution in [2.75, 3.05) is 0 Å². The van der Waals surface area contributed by atoms with Crippen LogP contribution in [0.25, 0.3) is 77.2 Å². The molecule has 256 valence electrons. The molecule has 0 saturated carbocycles. The van der Waals surface area contributed by atoms with E-state index in [1.54, 1.807) is 0 Å². The van der Waals surface area contributed by atoms with Crippen molar-refractivity contribution in [1.82, 2.24) is 9.13 Å². The molecular formula is C52H38N2. The molecule has 1 aliphatic rings. The fraction of sp³-hybridized carbons (Fsp3) is 0.0769. The lowest BCUT2D eigenvalue weighted by atomic mass is 9.85. The number of hydrogen-bond donors (Lipinski definition) is 0. The molecule has 2 heteroatoms. The van der Waals surface area contributed by atoms with Gasteiger partial charge in [-0.05, 0) is 119 Å². The lowest BCUT2D eigenvalue weighted by Crippen LogP contribution is -2.04. The van der Waals surface area contributed by atoms with Crippen molar-refractivity contribution in [3.63, 3.8) is 0 Å². The molecule has 1 unspecified atom stereocenters. The number of aryl methyl sites for hydroxylation is 1. The highest BCUT2D eigenvalue weighted by Gasteiger charge is 2.24. The van der Waals surface area contributed by atoms with Gasteiger partial charge in [0.2, 0.25) is 0 Å². The van der Waals surface area contributed by atoms with Gasteiger partial charge in [0.05, 0.1) is 27.8 Å². The van der Waals surface area contributed by atoms with Crippen LogP contribution >= 0.6 is 0 Å². The van der Waals surface area contributed by atoms with Crippen LogP contribution in [0.2, 0.25) is 0 Å². The molecule has 11 rings (SSSR count). The number of rotatable bonds is 5. The first-order chi connectivity index (χ1) is 26.8. The summed E-state index contributed by atoms with van der Waals surface area (Å²) < 4.78 is 4.89. The van der Waals surface area contributed by atoms with Crippen LogP contribution in [0.1, 0.15) is 29.0 Å². The van der Waals surface area contributed by atoms with Crippen LogP contribution in [-0.4, -0.2) is 9.13 Å². The molecule has 10 aromatic rings. The zero-order valence-electron chi connectivity index (χ0n) is 30.0. The first kappa shape index (κ1) is 30.9. The van der Waals surface area contributed by atoms with Crippen LogP contribution < -0.4 is 0 Å². The SMILES string of the molecule is c1ccc(CC2CCc3ccccc3-c3cc(-c4ccc5c(c4)c4ccccc4n5-c4cccc5c4c4ccccc4n5-c4ccccc4)ccc32)cc1. The Labute approximate surface area is 315 Å². The number of benzene rings is 8. The van der Waals surface area contributed by atoms with Crippen LogP contribution in [0.15, 0.2) is 188 Å². The van der Waals surface area contributed by atoms with E-state index in [1.165, 1.54) is 93.9 Å². The second kappa shape index (κ2) is 12.5. The highest BCUT2D eigenvalue weighted by Crippen LogP contribution is 2.44. The number of aromatic nitrogens is 2. The molecular weight excluding hydrogens is 653 g/mol. The van der Waals surface area contributed by atoms with E-state index in [4.69, 9.17) is 0 Å². The van der Waals surface area contributed by atoms with Crippen molar-refractivity contribution in [2.45, 2.75) is 25.2 Å². The summed E-state index contributed by atoms with van der Waals surface area (Å²) in [6.07, 6.45) is 3.31. The number of nitrogens with zero attached hydrogens (tertiary/aromatic N) is 2. The van der Waals surface area contributed by atoms with Gasteiger partial charge in [-0.1, -0.05) is 133 Å². The monoisotopic (exact) mass is 690 g/mol. The Balaban J connectivity index is 1.10. The zero-order chi connectivity index (χ0) is 35.6. The molecule has 0 saturated heterocycles. The Kier molecular flexibility index (Phi) is 7.16. The fourth-order valence-electron chi connectivity index (χ4n) is 9.38. The standard InChI is InChI=1S/C52H38N2/c1-3-14-35(15-4-1)32-39-27-26-36-16-7-8-19-41(36)45-33-37(28-30-42(39)45)38-29-31-49-46(34-38)43-20-9-11-22-47(43)54(49)51-25-13-24-50-52(51)44-21-10-12-23-48(44)53(50)40-17-5-2-6-18-40/h1-25,28-31,33-34,39H,26-27,32H2. The van der Waals surface area contributed by atoms with Crippen LogP contribution in [-0.2, 0) is 12.8 Å². The van der Waals surface area contributed by atoms with Gasteiger partial charge in [0.15, 0.2) is 0 Å². The van der Waals surface area contributed by atoms with E-state index in [1.807, 2.05) is 0 Å². The Morgan fingerprint density at radius 3 is 1.94 bits per heavy atom. The third-order valence-corrected chi connectivity index (χ3v) is 11.8. The van der Waals surface area contributed by atoms with Crippen molar-refractivity contribution >= 4 is 43.6 Å². The smallest absolute Gasteiger partial charge is 0.0562 e. The highest BCUT2D eigenvalue weighted by atomic mass is 15.0. The van der Waals surface area contributed by atoms with Crippen molar-refractivity contribution in [2.24, 2.45) is 0 Å². The summed E-state index contributed by atoms with van der Waals surface area (Å²) in [6, 6.07) is 69.6. The second-order valence-corrected chi connectivity index (χ2v) is 14.8. The summed E-state index contributed by atoms with van der Waals surface area (Å²) in [5, 5.41) is 5.05. The van der Waals surface area contributed by atoms with E-state index in [2.05, 4.69) is 197 Å². The molecule has 0 aliphatic heterocycles. The average Bonchev–Trinajstić information content (AvgIpc) is 3.70. The van der Waals surface area contributed by atoms with Gasteiger partial charge in [-0.25, -0.2) is 0 Å². The summed E-state index contributed by atoms with van der Waals surface area (Å²) in [5.41, 5.74) is 16.8. The summed E-state index contributed by atoms with van der Waals surface area (Å²) in [5.74, 6) is 0.472. The Morgan fingerprint density at radius 1 is 0.444 bits per heavy atom. The zero-order valence-corrected chi connectivity index (χ0v) is 30.0. The second-order valence-electron chi connectivity index (χ2n) is 14.8. The van der Waals surface area contributed by atoms with Gasteiger partial charge in [0.25, 0.3) is 0 Å². The molecule has 2 nitrogen and oxygen atoms in total. The first-order valence-corrected chi connectivity index (χ1v) is 19.2. The van der Waals surface area contributed by atoms with Crippen molar-refractivity contribution in [3.05, 3.63) is 205 Å². The molecule has 0 bridgehead atoms. The normalized spacial score (nSPS) is 14.0. The maximum atomic E-state index is 2.49. The van der Waals surface area contributed by atoms with Crippen molar-refractivity contribution < 1.29 is 0 Å². The number of para-hydroxylation sites is 3. The molecule has 0 amide bonds. The van der Waals surface area contributed by atoms with Crippen LogP contribution in [0, 0.1) is 0 Å². The van der Waals surface area contributed by atoms with Gasteiger partial charge in [0.1, 0.15) is 0 Å². The van der Waals surface area contributed by atoms with Crippen LogP contribution in [0.3, 0.4) is 0 Å². The van der Waals surface area contributed by atoms with Crippen LogP contribution in [0.5, 0.6) is 0 Å². The summed E-state index contributed by atoms with van der Waals surface area (Å²) in [6.45, 7) is 0. The van der Waals surface area contributed by atoms with Gasteiger partial charge in [0, 0.05) is 27.2 Å². The predicted octanol–water partition coefficient (Wildman–Crippen LogP) is 13.5. The third-order valence-electron chi connectivity index (χ3n) is 11.8. The topological polar surface area (TPSA) is 9.86 Å². The minimum absolute atomic E-state index is 0.472. The molecule has 0 fully saturated rings. The van der Waals surface area contributed by atoms with E-state index >= 15 is 0 Å². The molecule has 0 spiro atoms. The number of hydrogen-bond acceptors (Lipinski definition) is 0. The van der Waals surface area contributed by atoms with Gasteiger partial charge >= 0.3 is 0 Å². The largest absolute Gasteiger partial charge is 0.309 e. The molecule has 2 heterocycles. The lowest BCUT2D eigenvalue weighted by Gasteiger charge is -2.19. The predicted molar refractivity (Wildman–Crippen MR) is 227 cm³/mol. The highest BCUT2D eigenvalue weighted by molar-refractivity contribution is 6.16.